The zero-order chi connectivity index (χ0) is 25.1. The minimum Gasteiger partial charge on any atom is -0.378 e. The molecule has 0 saturated carbocycles. The molecule has 0 aliphatic heterocycles. The van der Waals surface area contributed by atoms with Crippen LogP contribution in [-0.2, 0) is 14.8 Å². The summed E-state index contributed by atoms with van der Waals surface area (Å²) in [7, 11) is 0.388. The Balaban J connectivity index is 2.00. The first kappa shape index (κ1) is 28.2. The molecule has 0 aliphatic carbocycles. The predicted octanol–water partition coefficient (Wildman–Crippen LogP) is 4.90. The monoisotopic (exact) mass is 509 g/mol. The molecule has 1 aromatic heterocycles. The number of hydrogen-bond donors (Lipinski definition) is 2. The van der Waals surface area contributed by atoms with E-state index in [0.29, 0.717) is 23.0 Å². The summed E-state index contributed by atoms with van der Waals surface area (Å²) >= 11 is 1.26. The van der Waals surface area contributed by atoms with E-state index in [0.717, 1.165) is 36.9 Å². The molecule has 1 aromatic carbocycles. The Morgan fingerprint density at radius 1 is 1.03 bits per heavy atom. The van der Waals surface area contributed by atoms with Crippen LogP contribution in [0.5, 0.6) is 0 Å². The van der Waals surface area contributed by atoms with Gasteiger partial charge in [0.25, 0.3) is 0 Å². The Morgan fingerprint density at radius 3 is 2.29 bits per heavy atom. The first-order valence-electron chi connectivity index (χ1n) is 12.1. The second-order valence-corrected chi connectivity index (χ2v) is 11.8. The molecule has 2 unspecified atom stereocenters. The fourth-order valence-electron chi connectivity index (χ4n) is 3.46. The summed E-state index contributed by atoms with van der Waals surface area (Å²) in [5.74, 6) is -0.539. The minimum absolute atomic E-state index is 0.0330. The maximum Gasteiger partial charge on any atom is 0.244 e. The van der Waals surface area contributed by atoms with Gasteiger partial charge in [-0.05, 0) is 36.6 Å². The van der Waals surface area contributed by atoms with Crippen LogP contribution in [0.4, 0.5) is 10.8 Å². The third-order valence-electron chi connectivity index (χ3n) is 5.85. The van der Waals surface area contributed by atoms with Gasteiger partial charge in [-0.3, -0.25) is 10.1 Å². The predicted molar refractivity (Wildman–Crippen MR) is 142 cm³/mol. The van der Waals surface area contributed by atoms with E-state index in [1.165, 1.54) is 17.8 Å². The number of benzene rings is 1. The average molecular weight is 510 g/mol. The second-order valence-electron chi connectivity index (χ2n) is 8.91. The van der Waals surface area contributed by atoms with E-state index in [4.69, 9.17) is 0 Å². The summed E-state index contributed by atoms with van der Waals surface area (Å²) in [6.07, 6.45) is 6.64. The van der Waals surface area contributed by atoms with Gasteiger partial charge in [0.2, 0.25) is 21.1 Å². The zero-order valence-corrected chi connectivity index (χ0v) is 22.6. The van der Waals surface area contributed by atoms with Crippen molar-refractivity contribution in [3.05, 3.63) is 24.3 Å². The average Bonchev–Trinajstić information content (AvgIpc) is 3.27. The lowest BCUT2D eigenvalue weighted by Crippen LogP contribution is -2.48. The summed E-state index contributed by atoms with van der Waals surface area (Å²) in [4.78, 5) is 15.0. The van der Waals surface area contributed by atoms with Gasteiger partial charge in [-0.15, -0.1) is 10.2 Å². The molecule has 8 nitrogen and oxygen atoms in total. The molecule has 1 amide bonds. The Bertz CT molecular complexity index is 990. The van der Waals surface area contributed by atoms with Crippen LogP contribution in [-0.4, -0.2) is 50.4 Å². The van der Waals surface area contributed by atoms with Crippen LogP contribution in [0.15, 0.2) is 24.3 Å². The smallest absolute Gasteiger partial charge is 0.244 e. The molecule has 0 bridgehead atoms. The number of rotatable bonds is 15. The van der Waals surface area contributed by atoms with E-state index in [2.05, 4.69) is 27.2 Å². The number of amides is 1. The highest BCUT2D eigenvalue weighted by atomic mass is 32.2. The summed E-state index contributed by atoms with van der Waals surface area (Å²) in [5.41, 5.74) is 1.98. The molecule has 2 N–H and O–H groups in total. The number of anilines is 2. The van der Waals surface area contributed by atoms with Gasteiger partial charge >= 0.3 is 0 Å². The number of nitrogens with zero attached hydrogens (tertiary/aromatic N) is 3. The number of sulfonamides is 1. The van der Waals surface area contributed by atoms with Gasteiger partial charge in [0, 0.05) is 25.3 Å². The molecule has 0 radical (unpaired) electrons. The van der Waals surface area contributed by atoms with Crippen molar-refractivity contribution in [2.24, 2.45) is 5.92 Å². The lowest BCUT2D eigenvalue weighted by molar-refractivity contribution is -0.118. The summed E-state index contributed by atoms with van der Waals surface area (Å²) in [5, 5.41) is 12.1. The number of hydrogen-bond acceptors (Lipinski definition) is 7. The zero-order valence-electron chi connectivity index (χ0n) is 21.0. The Morgan fingerprint density at radius 2 is 1.68 bits per heavy atom. The standard InChI is InChI=1S/C24H39N5O3S2/c1-6-8-9-10-11-12-17-34(31,32)28-21(18(3)7-2)22(30)25-24-27-26-23(33-24)19-13-15-20(16-14-19)29(4)5/h13-16,18,21,28H,6-12,17H2,1-5H3,(H,25,27,30). The molecule has 0 fully saturated rings. The van der Waals surface area contributed by atoms with Gasteiger partial charge in [-0.25, -0.2) is 13.1 Å². The van der Waals surface area contributed by atoms with E-state index in [9.17, 15) is 13.2 Å². The van der Waals surface area contributed by atoms with Gasteiger partial charge in [-0.2, -0.15) is 0 Å². The molecule has 2 atom stereocenters. The maximum atomic E-state index is 13.0. The highest BCUT2D eigenvalue weighted by molar-refractivity contribution is 7.89. The molecule has 0 aliphatic rings. The first-order valence-corrected chi connectivity index (χ1v) is 14.6. The van der Waals surface area contributed by atoms with E-state index in [-0.39, 0.29) is 11.7 Å². The molecule has 2 rings (SSSR count). The summed E-state index contributed by atoms with van der Waals surface area (Å²) in [6, 6.07) is 7.04. The Kier molecular flexibility index (Phi) is 11.4. The van der Waals surface area contributed by atoms with Gasteiger partial charge in [0.05, 0.1) is 5.75 Å². The van der Waals surface area contributed by atoms with Crippen molar-refractivity contribution in [2.45, 2.75) is 71.8 Å². The van der Waals surface area contributed by atoms with Gasteiger partial charge in [0.1, 0.15) is 11.0 Å². The quantitative estimate of drug-likeness (QED) is 0.331. The van der Waals surface area contributed by atoms with E-state index in [1.54, 1.807) is 0 Å². The van der Waals surface area contributed by atoms with Crippen LogP contribution in [0.1, 0.15) is 65.7 Å². The van der Waals surface area contributed by atoms with E-state index in [1.807, 2.05) is 57.1 Å². The number of aromatic nitrogens is 2. The number of nitrogens with one attached hydrogen (secondary N) is 2. The van der Waals surface area contributed by atoms with Crippen molar-refractivity contribution in [1.82, 2.24) is 14.9 Å². The lowest BCUT2D eigenvalue weighted by Gasteiger charge is -2.22. The second kappa shape index (κ2) is 13.7. The minimum atomic E-state index is -3.56. The fourth-order valence-corrected chi connectivity index (χ4v) is 5.64. The van der Waals surface area contributed by atoms with Crippen LogP contribution in [0.3, 0.4) is 0 Å². The molecular formula is C24H39N5O3S2. The normalized spacial score (nSPS) is 13.4. The molecule has 0 saturated heterocycles. The molecule has 2 aromatic rings. The highest BCUT2D eigenvalue weighted by Crippen LogP contribution is 2.28. The largest absolute Gasteiger partial charge is 0.378 e. The third-order valence-corrected chi connectivity index (χ3v) is 8.18. The van der Waals surface area contributed by atoms with Crippen LogP contribution in [0.2, 0.25) is 0 Å². The van der Waals surface area contributed by atoms with E-state index < -0.39 is 22.0 Å². The molecule has 10 heteroatoms. The molecule has 1 heterocycles. The van der Waals surface area contributed by atoms with Crippen LogP contribution in [0, 0.1) is 5.92 Å². The molecule has 34 heavy (non-hydrogen) atoms. The number of unbranched alkanes of at least 4 members (excludes halogenated alkanes) is 5. The van der Waals surface area contributed by atoms with Crippen LogP contribution >= 0.6 is 11.3 Å². The van der Waals surface area contributed by atoms with Gasteiger partial charge in [0.15, 0.2) is 0 Å². The molecule has 190 valence electrons. The molecular weight excluding hydrogens is 470 g/mol. The highest BCUT2D eigenvalue weighted by Gasteiger charge is 2.29. The Hall–Kier alpha value is -2.04. The first-order chi connectivity index (χ1) is 16.2. The van der Waals surface area contributed by atoms with Gasteiger partial charge < -0.3 is 4.90 Å². The topological polar surface area (TPSA) is 104 Å². The maximum absolute atomic E-state index is 13.0. The van der Waals surface area contributed by atoms with Crippen molar-refractivity contribution in [2.75, 3.05) is 30.1 Å². The number of carbonyl (C=O) groups excluding carboxylic acids is 1. The number of carbonyl (C=O) groups is 1. The van der Waals surface area contributed by atoms with Gasteiger partial charge in [-0.1, -0.05) is 70.6 Å². The van der Waals surface area contributed by atoms with Crippen molar-refractivity contribution in [3.8, 4) is 10.6 Å². The Labute approximate surface area is 208 Å². The van der Waals surface area contributed by atoms with Crippen molar-refractivity contribution >= 4 is 38.1 Å². The molecule has 0 spiro atoms. The van der Waals surface area contributed by atoms with Crippen molar-refractivity contribution in [3.63, 3.8) is 0 Å². The van der Waals surface area contributed by atoms with Crippen LogP contribution < -0.4 is 14.9 Å². The summed E-state index contributed by atoms with van der Waals surface area (Å²) in [6.45, 7) is 5.96. The lowest BCUT2D eigenvalue weighted by atomic mass is 9.99. The van der Waals surface area contributed by atoms with Crippen molar-refractivity contribution in [1.29, 1.82) is 0 Å². The van der Waals surface area contributed by atoms with Crippen molar-refractivity contribution < 1.29 is 13.2 Å². The summed E-state index contributed by atoms with van der Waals surface area (Å²) < 4.78 is 27.9. The third kappa shape index (κ3) is 8.96. The van der Waals surface area contributed by atoms with Crippen LogP contribution in [0.25, 0.3) is 10.6 Å². The SMILES string of the molecule is CCCCCCCCS(=O)(=O)NC(C(=O)Nc1nnc(-c2ccc(N(C)C)cc2)s1)C(C)CC. The van der Waals surface area contributed by atoms with E-state index >= 15 is 0 Å². The fraction of sp³-hybridized carbons (Fsp3) is 0.625.